The van der Waals surface area contributed by atoms with E-state index in [1.165, 1.54) is 0 Å². The summed E-state index contributed by atoms with van der Waals surface area (Å²) in [5, 5.41) is 2.93. The molecule has 0 saturated carbocycles. The molecule has 24 heavy (non-hydrogen) atoms. The van der Waals surface area contributed by atoms with Crippen molar-refractivity contribution >= 4 is 17.5 Å². The molecule has 1 atom stereocenters. The van der Waals surface area contributed by atoms with E-state index in [4.69, 9.17) is 4.74 Å². The highest BCUT2D eigenvalue weighted by Crippen LogP contribution is 2.28. The first-order chi connectivity index (χ1) is 11.7. The van der Waals surface area contributed by atoms with E-state index in [1.54, 1.807) is 36.3 Å². The third-order valence-electron chi connectivity index (χ3n) is 4.17. The lowest BCUT2D eigenvalue weighted by Crippen LogP contribution is -2.44. The molecule has 2 amide bonds. The standard InChI is InChI=1S/C19H20N2O3/c1-24-16-9-7-15(8-10-16)21-17(11-12-18(21)22)19(23)20-13-14-5-3-2-4-6-14/h2-10,17H,11-13H2,1H3,(H,20,23). The second kappa shape index (κ2) is 7.17. The van der Waals surface area contributed by atoms with Crippen LogP contribution in [0.1, 0.15) is 18.4 Å². The molecule has 0 bridgehead atoms. The van der Waals surface area contributed by atoms with Crippen LogP contribution in [0.3, 0.4) is 0 Å². The van der Waals surface area contributed by atoms with Crippen LogP contribution in [0.2, 0.25) is 0 Å². The molecule has 1 aliphatic rings. The Balaban J connectivity index is 1.71. The fourth-order valence-electron chi connectivity index (χ4n) is 2.90. The summed E-state index contributed by atoms with van der Waals surface area (Å²) in [7, 11) is 1.59. The molecule has 2 aromatic rings. The zero-order valence-electron chi connectivity index (χ0n) is 13.6. The van der Waals surface area contributed by atoms with Gasteiger partial charge in [-0.15, -0.1) is 0 Å². The van der Waals surface area contributed by atoms with Gasteiger partial charge >= 0.3 is 0 Å². The van der Waals surface area contributed by atoms with Crippen molar-refractivity contribution in [2.24, 2.45) is 0 Å². The van der Waals surface area contributed by atoms with Crippen LogP contribution >= 0.6 is 0 Å². The van der Waals surface area contributed by atoms with Crippen molar-refractivity contribution in [1.29, 1.82) is 0 Å². The SMILES string of the molecule is COc1ccc(N2C(=O)CCC2C(=O)NCc2ccccc2)cc1. The Morgan fingerprint density at radius 1 is 1.17 bits per heavy atom. The van der Waals surface area contributed by atoms with Crippen molar-refractivity contribution < 1.29 is 14.3 Å². The van der Waals surface area contributed by atoms with Crippen LogP contribution in [0.4, 0.5) is 5.69 Å². The van der Waals surface area contributed by atoms with E-state index in [9.17, 15) is 9.59 Å². The number of benzene rings is 2. The summed E-state index contributed by atoms with van der Waals surface area (Å²) >= 11 is 0. The van der Waals surface area contributed by atoms with Gasteiger partial charge in [-0.1, -0.05) is 30.3 Å². The van der Waals surface area contributed by atoms with Crippen molar-refractivity contribution in [2.75, 3.05) is 12.0 Å². The first-order valence-electron chi connectivity index (χ1n) is 7.97. The minimum Gasteiger partial charge on any atom is -0.497 e. The highest BCUT2D eigenvalue weighted by molar-refractivity contribution is 6.03. The van der Waals surface area contributed by atoms with Crippen molar-refractivity contribution in [3.63, 3.8) is 0 Å². The van der Waals surface area contributed by atoms with Gasteiger partial charge in [0, 0.05) is 18.7 Å². The Hall–Kier alpha value is -2.82. The van der Waals surface area contributed by atoms with E-state index in [2.05, 4.69) is 5.32 Å². The molecule has 5 heteroatoms. The molecule has 1 N–H and O–H groups in total. The van der Waals surface area contributed by atoms with Gasteiger partial charge in [-0.3, -0.25) is 14.5 Å². The Morgan fingerprint density at radius 2 is 1.88 bits per heavy atom. The summed E-state index contributed by atoms with van der Waals surface area (Å²) in [5.41, 5.74) is 1.75. The van der Waals surface area contributed by atoms with E-state index in [1.807, 2.05) is 30.3 Å². The summed E-state index contributed by atoms with van der Waals surface area (Å²) in [6.45, 7) is 0.459. The van der Waals surface area contributed by atoms with Gasteiger partial charge in [-0.2, -0.15) is 0 Å². The quantitative estimate of drug-likeness (QED) is 0.919. The Bertz CT molecular complexity index is 713. The van der Waals surface area contributed by atoms with Gasteiger partial charge in [-0.25, -0.2) is 0 Å². The van der Waals surface area contributed by atoms with Crippen molar-refractivity contribution in [1.82, 2.24) is 5.32 Å². The first-order valence-corrected chi connectivity index (χ1v) is 7.97. The van der Waals surface area contributed by atoms with Crippen LogP contribution in [0.15, 0.2) is 54.6 Å². The number of methoxy groups -OCH3 is 1. The highest BCUT2D eigenvalue weighted by Gasteiger charge is 2.36. The van der Waals surface area contributed by atoms with Gasteiger partial charge in [0.25, 0.3) is 0 Å². The third kappa shape index (κ3) is 3.40. The number of nitrogens with zero attached hydrogens (tertiary/aromatic N) is 1. The van der Waals surface area contributed by atoms with Crippen LogP contribution in [0.5, 0.6) is 5.75 Å². The van der Waals surface area contributed by atoms with Crippen LogP contribution in [0, 0.1) is 0 Å². The lowest BCUT2D eigenvalue weighted by atomic mass is 10.1. The van der Waals surface area contributed by atoms with Crippen LogP contribution < -0.4 is 15.0 Å². The lowest BCUT2D eigenvalue weighted by Gasteiger charge is -2.24. The maximum Gasteiger partial charge on any atom is 0.243 e. The van der Waals surface area contributed by atoms with Crippen molar-refractivity contribution in [3.8, 4) is 5.75 Å². The molecule has 0 radical (unpaired) electrons. The molecular formula is C19H20N2O3. The third-order valence-corrected chi connectivity index (χ3v) is 4.17. The Kier molecular flexibility index (Phi) is 4.79. The highest BCUT2D eigenvalue weighted by atomic mass is 16.5. The molecule has 0 aliphatic carbocycles. The number of carbonyl (C=O) groups excluding carboxylic acids is 2. The van der Waals surface area contributed by atoms with Crippen LogP contribution in [-0.2, 0) is 16.1 Å². The predicted molar refractivity (Wildman–Crippen MR) is 91.8 cm³/mol. The smallest absolute Gasteiger partial charge is 0.243 e. The molecule has 1 heterocycles. The van der Waals surface area contributed by atoms with Gasteiger partial charge in [0.2, 0.25) is 11.8 Å². The topological polar surface area (TPSA) is 58.6 Å². The fraction of sp³-hybridized carbons (Fsp3) is 0.263. The number of rotatable bonds is 5. The average molecular weight is 324 g/mol. The van der Waals surface area contributed by atoms with Gasteiger partial charge in [0.05, 0.1) is 7.11 Å². The van der Waals surface area contributed by atoms with Gasteiger partial charge < -0.3 is 10.1 Å². The van der Waals surface area contributed by atoms with E-state index in [0.717, 1.165) is 17.0 Å². The number of amides is 2. The number of carbonyl (C=O) groups is 2. The molecule has 5 nitrogen and oxygen atoms in total. The van der Waals surface area contributed by atoms with Crippen molar-refractivity contribution in [3.05, 3.63) is 60.2 Å². The Morgan fingerprint density at radius 3 is 2.54 bits per heavy atom. The molecule has 1 unspecified atom stereocenters. The fourth-order valence-corrected chi connectivity index (χ4v) is 2.90. The molecule has 124 valence electrons. The number of nitrogens with one attached hydrogen (secondary N) is 1. The Labute approximate surface area is 141 Å². The normalized spacial score (nSPS) is 17.0. The maximum atomic E-state index is 12.5. The largest absolute Gasteiger partial charge is 0.497 e. The second-order valence-electron chi connectivity index (χ2n) is 5.72. The number of hydrogen-bond donors (Lipinski definition) is 1. The van der Waals surface area contributed by atoms with E-state index >= 15 is 0 Å². The lowest BCUT2D eigenvalue weighted by molar-refractivity contribution is -0.124. The molecule has 2 aromatic carbocycles. The monoisotopic (exact) mass is 324 g/mol. The van der Waals surface area contributed by atoms with E-state index < -0.39 is 6.04 Å². The summed E-state index contributed by atoms with van der Waals surface area (Å²) in [6.07, 6.45) is 0.918. The van der Waals surface area contributed by atoms with Gasteiger partial charge in [-0.05, 0) is 36.2 Å². The molecule has 1 aliphatic heterocycles. The molecule has 0 spiro atoms. The minimum absolute atomic E-state index is 0.0278. The minimum atomic E-state index is -0.463. The number of ether oxygens (including phenoxy) is 1. The molecule has 1 fully saturated rings. The zero-order valence-corrected chi connectivity index (χ0v) is 13.6. The first kappa shape index (κ1) is 16.1. The van der Waals surface area contributed by atoms with Gasteiger partial charge in [0.15, 0.2) is 0 Å². The van der Waals surface area contributed by atoms with Gasteiger partial charge in [0.1, 0.15) is 11.8 Å². The second-order valence-corrected chi connectivity index (χ2v) is 5.72. The molecular weight excluding hydrogens is 304 g/mol. The summed E-state index contributed by atoms with van der Waals surface area (Å²) in [5.74, 6) is 0.566. The number of hydrogen-bond acceptors (Lipinski definition) is 3. The summed E-state index contributed by atoms with van der Waals surface area (Å²) < 4.78 is 5.14. The van der Waals surface area contributed by atoms with E-state index in [0.29, 0.717) is 19.4 Å². The van der Waals surface area contributed by atoms with Crippen LogP contribution in [0.25, 0.3) is 0 Å². The molecule has 1 saturated heterocycles. The summed E-state index contributed by atoms with van der Waals surface area (Å²) in [6, 6.07) is 16.5. The maximum absolute atomic E-state index is 12.5. The predicted octanol–water partition coefficient (Wildman–Crippen LogP) is 2.51. The van der Waals surface area contributed by atoms with E-state index in [-0.39, 0.29) is 11.8 Å². The average Bonchev–Trinajstić information content (AvgIpc) is 3.02. The van der Waals surface area contributed by atoms with Crippen molar-refractivity contribution in [2.45, 2.75) is 25.4 Å². The molecule has 3 rings (SSSR count). The zero-order chi connectivity index (χ0) is 16.9. The number of anilines is 1. The molecule has 0 aromatic heterocycles. The van der Waals surface area contributed by atoms with Crippen LogP contribution in [-0.4, -0.2) is 25.0 Å². The summed E-state index contributed by atoms with van der Waals surface area (Å²) in [4.78, 5) is 26.4.